The van der Waals surface area contributed by atoms with Crippen LogP contribution in [0.15, 0.2) is 30.3 Å². The predicted molar refractivity (Wildman–Crippen MR) is 99.5 cm³/mol. The lowest BCUT2D eigenvalue weighted by Crippen LogP contribution is -2.13. The molecule has 0 spiro atoms. The Bertz CT molecular complexity index is 761. The van der Waals surface area contributed by atoms with E-state index in [0.29, 0.717) is 40.1 Å². The van der Waals surface area contributed by atoms with E-state index in [9.17, 15) is 4.79 Å². The number of anilines is 1. The van der Waals surface area contributed by atoms with Crippen molar-refractivity contribution in [3.8, 4) is 17.2 Å². The molecule has 0 aliphatic rings. The molecule has 2 aromatic carbocycles. The van der Waals surface area contributed by atoms with Crippen molar-refractivity contribution < 1.29 is 19.0 Å². The molecular formula is C19H22ClNO4. The van der Waals surface area contributed by atoms with Crippen molar-refractivity contribution in [1.82, 2.24) is 0 Å². The Hall–Kier alpha value is -2.40. The fourth-order valence-electron chi connectivity index (χ4n) is 2.26. The molecule has 0 saturated heterocycles. The van der Waals surface area contributed by atoms with Gasteiger partial charge in [-0.1, -0.05) is 18.5 Å². The first-order chi connectivity index (χ1) is 12.0. The molecule has 6 heteroatoms. The molecule has 0 radical (unpaired) electrons. The van der Waals surface area contributed by atoms with E-state index in [1.807, 2.05) is 13.8 Å². The molecule has 2 aromatic rings. The number of methoxy groups -OCH3 is 2. The number of benzene rings is 2. The Morgan fingerprint density at radius 3 is 2.44 bits per heavy atom. The third-order valence-corrected chi connectivity index (χ3v) is 4.02. The van der Waals surface area contributed by atoms with Gasteiger partial charge in [-0.2, -0.15) is 0 Å². The van der Waals surface area contributed by atoms with Crippen LogP contribution < -0.4 is 19.5 Å². The van der Waals surface area contributed by atoms with Gasteiger partial charge in [0.25, 0.3) is 5.91 Å². The summed E-state index contributed by atoms with van der Waals surface area (Å²) in [5, 5.41) is 3.42. The number of amides is 1. The first kappa shape index (κ1) is 18.9. The van der Waals surface area contributed by atoms with E-state index in [1.54, 1.807) is 37.4 Å². The first-order valence-corrected chi connectivity index (χ1v) is 8.34. The summed E-state index contributed by atoms with van der Waals surface area (Å²) in [5.41, 5.74) is 1.86. The van der Waals surface area contributed by atoms with E-state index in [1.165, 1.54) is 7.11 Å². The largest absolute Gasteiger partial charge is 0.495 e. The van der Waals surface area contributed by atoms with Crippen LogP contribution in [0.3, 0.4) is 0 Å². The van der Waals surface area contributed by atoms with Gasteiger partial charge in [-0.15, -0.1) is 0 Å². The van der Waals surface area contributed by atoms with Crippen LogP contribution in [0.2, 0.25) is 5.02 Å². The average molecular weight is 364 g/mol. The molecule has 5 nitrogen and oxygen atoms in total. The first-order valence-electron chi connectivity index (χ1n) is 7.96. The highest BCUT2D eigenvalue weighted by Crippen LogP contribution is 2.32. The molecule has 0 aromatic heterocycles. The lowest BCUT2D eigenvalue weighted by Gasteiger charge is -2.14. The number of carbonyl (C=O) groups excluding carboxylic acids is 1. The Labute approximate surface area is 152 Å². The standard InChI is InChI=1S/C19H22ClNO4/c1-5-8-25-16-7-6-13(10-18(16)24-4)19(22)21-15-9-12(2)14(20)11-17(15)23-3/h6-7,9-11H,5,8H2,1-4H3,(H,21,22). The summed E-state index contributed by atoms with van der Waals surface area (Å²) in [6.07, 6.45) is 0.890. The topological polar surface area (TPSA) is 56.8 Å². The molecule has 0 bridgehead atoms. The molecule has 25 heavy (non-hydrogen) atoms. The zero-order chi connectivity index (χ0) is 18.4. The highest BCUT2D eigenvalue weighted by molar-refractivity contribution is 6.31. The van der Waals surface area contributed by atoms with Crippen molar-refractivity contribution in [2.75, 3.05) is 26.1 Å². The molecule has 0 aliphatic carbocycles. The zero-order valence-corrected chi connectivity index (χ0v) is 15.6. The van der Waals surface area contributed by atoms with E-state index in [0.717, 1.165) is 12.0 Å². The average Bonchev–Trinajstić information content (AvgIpc) is 2.62. The van der Waals surface area contributed by atoms with Crippen molar-refractivity contribution in [1.29, 1.82) is 0 Å². The number of aryl methyl sites for hydroxylation is 1. The van der Waals surface area contributed by atoms with Crippen LogP contribution in [0.5, 0.6) is 17.2 Å². The van der Waals surface area contributed by atoms with Crippen molar-refractivity contribution >= 4 is 23.2 Å². The second-order valence-corrected chi connectivity index (χ2v) is 5.88. The summed E-state index contributed by atoms with van der Waals surface area (Å²) >= 11 is 6.09. The highest BCUT2D eigenvalue weighted by Gasteiger charge is 2.14. The highest BCUT2D eigenvalue weighted by atomic mass is 35.5. The van der Waals surface area contributed by atoms with E-state index < -0.39 is 0 Å². The van der Waals surface area contributed by atoms with Crippen LogP contribution in [-0.2, 0) is 0 Å². The molecule has 2 rings (SSSR count). The van der Waals surface area contributed by atoms with Crippen molar-refractivity contribution in [2.45, 2.75) is 20.3 Å². The van der Waals surface area contributed by atoms with Crippen LogP contribution >= 0.6 is 11.6 Å². The molecule has 0 fully saturated rings. The Balaban J connectivity index is 2.25. The van der Waals surface area contributed by atoms with E-state index in [-0.39, 0.29) is 5.91 Å². The van der Waals surface area contributed by atoms with Gasteiger partial charge in [0, 0.05) is 16.7 Å². The van der Waals surface area contributed by atoms with E-state index >= 15 is 0 Å². The number of carbonyl (C=O) groups is 1. The minimum Gasteiger partial charge on any atom is -0.495 e. The minimum absolute atomic E-state index is 0.277. The SMILES string of the molecule is CCCOc1ccc(C(=O)Nc2cc(C)c(Cl)cc2OC)cc1OC. The number of hydrogen-bond donors (Lipinski definition) is 1. The maximum absolute atomic E-state index is 12.6. The van der Waals surface area contributed by atoms with Crippen molar-refractivity contribution in [3.63, 3.8) is 0 Å². The molecule has 1 N–H and O–H groups in total. The molecule has 0 unspecified atom stereocenters. The number of ether oxygens (including phenoxy) is 3. The summed E-state index contributed by atoms with van der Waals surface area (Å²) < 4.78 is 16.2. The maximum Gasteiger partial charge on any atom is 0.255 e. The van der Waals surface area contributed by atoms with Gasteiger partial charge in [-0.25, -0.2) is 0 Å². The van der Waals surface area contributed by atoms with Crippen molar-refractivity contribution in [3.05, 3.63) is 46.5 Å². The van der Waals surface area contributed by atoms with Gasteiger partial charge >= 0.3 is 0 Å². The monoisotopic (exact) mass is 363 g/mol. The number of rotatable bonds is 7. The molecule has 1 amide bonds. The van der Waals surface area contributed by atoms with Crippen LogP contribution in [0, 0.1) is 6.92 Å². The van der Waals surface area contributed by atoms with Gasteiger partial charge in [0.1, 0.15) is 5.75 Å². The summed E-state index contributed by atoms with van der Waals surface area (Å²) in [5.74, 6) is 1.35. The van der Waals surface area contributed by atoms with E-state index in [4.69, 9.17) is 25.8 Å². The molecule has 134 valence electrons. The molecule has 0 heterocycles. The fourth-order valence-corrected chi connectivity index (χ4v) is 2.42. The van der Waals surface area contributed by atoms with Gasteiger partial charge < -0.3 is 19.5 Å². The Morgan fingerprint density at radius 1 is 1.08 bits per heavy atom. The van der Waals surface area contributed by atoms with Crippen LogP contribution in [0.1, 0.15) is 29.3 Å². The van der Waals surface area contributed by atoms with Gasteiger partial charge in [0.15, 0.2) is 11.5 Å². The van der Waals surface area contributed by atoms with Gasteiger partial charge in [0.05, 0.1) is 26.5 Å². The maximum atomic E-state index is 12.6. The molecule has 0 atom stereocenters. The third kappa shape index (κ3) is 4.57. The van der Waals surface area contributed by atoms with Gasteiger partial charge in [0.2, 0.25) is 0 Å². The summed E-state index contributed by atoms with van der Waals surface area (Å²) in [6.45, 7) is 4.47. The van der Waals surface area contributed by atoms with Gasteiger partial charge in [-0.3, -0.25) is 4.79 Å². The van der Waals surface area contributed by atoms with E-state index in [2.05, 4.69) is 5.32 Å². The number of nitrogens with one attached hydrogen (secondary N) is 1. The number of hydrogen-bond acceptors (Lipinski definition) is 4. The smallest absolute Gasteiger partial charge is 0.255 e. The van der Waals surface area contributed by atoms with Crippen LogP contribution in [0.25, 0.3) is 0 Å². The second-order valence-electron chi connectivity index (χ2n) is 5.47. The summed E-state index contributed by atoms with van der Waals surface area (Å²) in [6, 6.07) is 8.52. The normalized spacial score (nSPS) is 10.3. The van der Waals surface area contributed by atoms with Crippen LogP contribution in [0.4, 0.5) is 5.69 Å². The Kier molecular flexibility index (Phi) is 6.53. The van der Waals surface area contributed by atoms with Crippen molar-refractivity contribution in [2.24, 2.45) is 0 Å². The summed E-state index contributed by atoms with van der Waals surface area (Å²) in [7, 11) is 3.07. The molecule has 0 aliphatic heterocycles. The summed E-state index contributed by atoms with van der Waals surface area (Å²) in [4.78, 5) is 12.6. The second kappa shape index (κ2) is 8.62. The lowest BCUT2D eigenvalue weighted by molar-refractivity contribution is 0.102. The zero-order valence-electron chi connectivity index (χ0n) is 14.8. The molecular weight excluding hydrogens is 342 g/mol. The van der Waals surface area contributed by atoms with Crippen LogP contribution in [-0.4, -0.2) is 26.7 Å². The quantitative estimate of drug-likeness (QED) is 0.774. The Morgan fingerprint density at radius 2 is 1.80 bits per heavy atom. The number of halogens is 1. The lowest BCUT2D eigenvalue weighted by atomic mass is 10.1. The third-order valence-electron chi connectivity index (χ3n) is 3.62. The predicted octanol–water partition coefficient (Wildman–Crippen LogP) is 4.71. The molecule has 0 saturated carbocycles. The minimum atomic E-state index is -0.277. The fraction of sp³-hybridized carbons (Fsp3) is 0.316. The van der Waals surface area contributed by atoms with Gasteiger partial charge in [-0.05, 0) is 43.2 Å².